The Kier molecular flexibility index (Phi) is 7.47. The van der Waals surface area contributed by atoms with Gasteiger partial charge in [-0.05, 0) is 29.8 Å². The lowest BCUT2D eigenvalue weighted by molar-refractivity contribution is 0.368. The number of nitrogens with zero attached hydrogens (tertiary/aromatic N) is 4. The zero-order valence-corrected chi connectivity index (χ0v) is 17.8. The van der Waals surface area contributed by atoms with Gasteiger partial charge in [-0.1, -0.05) is 30.3 Å². The number of aromatic nitrogens is 2. The molecule has 0 fully saturated rings. The van der Waals surface area contributed by atoms with Crippen molar-refractivity contribution in [2.24, 2.45) is 0 Å². The van der Waals surface area contributed by atoms with Crippen molar-refractivity contribution < 1.29 is 9.47 Å². The Labute approximate surface area is 185 Å². The van der Waals surface area contributed by atoms with Crippen LogP contribution in [0.1, 0.15) is 16.6 Å². The number of anilines is 1. The summed E-state index contributed by atoms with van der Waals surface area (Å²) in [6.07, 6.45) is 1.38. The molecule has 154 valence electrons. The first-order valence-corrected chi connectivity index (χ1v) is 10.1. The molecule has 1 unspecified atom stereocenters. The van der Waals surface area contributed by atoms with Crippen LogP contribution in [0.2, 0.25) is 0 Å². The first-order valence-electron chi connectivity index (χ1n) is 9.22. The van der Waals surface area contributed by atoms with E-state index in [1.54, 1.807) is 32.0 Å². The Morgan fingerprint density at radius 1 is 0.968 bits per heavy atom. The fourth-order valence-electron chi connectivity index (χ4n) is 2.66. The average molecular weight is 430 g/mol. The van der Waals surface area contributed by atoms with E-state index in [0.29, 0.717) is 17.6 Å². The van der Waals surface area contributed by atoms with Crippen LogP contribution >= 0.6 is 11.8 Å². The van der Waals surface area contributed by atoms with Crippen LogP contribution in [0.25, 0.3) is 0 Å². The van der Waals surface area contributed by atoms with Gasteiger partial charge in [0.1, 0.15) is 17.7 Å². The largest absolute Gasteiger partial charge is 0.481 e. The van der Waals surface area contributed by atoms with E-state index >= 15 is 0 Å². The van der Waals surface area contributed by atoms with E-state index in [1.165, 1.54) is 6.20 Å². The smallest absolute Gasteiger partial charge is 0.220 e. The summed E-state index contributed by atoms with van der Waals surface area (Å²) in [5, 5.41) is 20.4. The zero-order chi connectivity index (χ0) is 22.1. The molecule has 1 aromatic heterocycles. The molecule has 0 saturated carbocycles. The molecule has 0 aliphatic rings. The van der Waals surface area contributed by atoms with Gasteiger partial charge in [0.15, 0.2) is 5.82 Å². The van der Waals surface area contributed by atoms with Crippen molar-refractivity contribution in [1.82, 2.24) is 9.97 Å². The van der Waals surface area contributed by atoms with Crippen LogP contribution in [-0.2, 0) is 0 Å². The standard InChI is InChI=1S/C23H19N5O2S/c1-29-20-12-21(30-2)28-23(27-20)22(17-6-4-3-5-7-17)31-19-10-8-18(9-11-19)26-15-16(13-24)14-25/h3-12,15,22,26H,1-2H3. The number of nitriles is 2. The molecule has 3 aromatic rings. The Hall–Kier alpha value is -4.01. The van der Waals surface area contributed by atoms with Gasteiger partial charge in [-0.15, -0.1) is 11.8 Å². The molecule has 0 saturated heterocycles. The number of nitrogens with one attached hydrogen (secondary N) is 1. The maximum atomic E-state index is 8.82. The van der Waals surface area contributed by atoms with Crippen LogP contribution in [0.4, 0.5) is 5.69 Å². The highest BCUT2D eigenvalue weighted by molar-refractivity contribution is 7.99. The predicted octanol–water partition coefficient (Wildman–Crippen LogP) is 4.72. The molecule has 31 heavy (non-hydrogen) atoms. The third kappa shape index (κ3) is 5.75. The van der Waals surface area contributed by atoms with Crippen LogP contribution < -0.4 is 14.8 Å². The second-order valence-electron chi connectivity index (χ2n) is 6.17. The van der Waals surface area contributed by atoms with Crippen LogP contribution in [0.3, 0.4) is 0 Å². The fourth-order valence-corrected chi connectivity index (χ4v) is 3.73. The molecule has 8 heteroatoms. The maximum absolute atomic E-state index is 8.82. The SMILES string of the molecule is COc1cc(OC)nc(C(Sc2ccc(NC=C(C#N)C#N)cc2)c2ccccc2)n1. The lowest BCUT2D eigenvalue weighted by Crippen LogP contribution is -2.06. The van der Waals surface area contributed by atoms with Crippen molar-refractivity contribution in [2.75, 3.05) is 19.5 Å². The van der Waals surface area contributed by atoms with E-state index in [2.05, 4.69) is 15.3 Å². The van der Waals surface area contributed by atoms with E-state index in [9.17, 15) is 0 Å². The summed E-state index contributed by atoms with van der Waals surface area (Å²) in [5.41, 5.74) is 1.82. The Bertz CT molecular complexity index is 1100. The van der Waals surface area contributed by atoms with Gasteiger partial charge in [-0.2, -0.15) is 20.5 Å². The van der Waals surface area contributed by atoms with Crippen molar-refractivity contribution >= 4 is 17.4 Å². The molecule has 7 nitrogen and oxygen atoms in total. The molecule has 1 heterocycles. The van der Waals surface area contributed by atoms with Crippen molar-refractivity contribution in [3.63, 3.8) is 0 Å². The topological polar surface area (TPSA) is 104 Å². The summed E-state index contributed by atoms with van der Waals surface area (Å²) in [6.45, 7) is 0. The van der Waals surface area contributed by atoms with E-state index in [0.717, 1.165) is 16.1 Å². The van der Waals surface area contributed by atoms with Crippen molar-refractivity contribution in [1.29, 1.82) is 10.5 Å². The normalized spacial score (nSPS) is 10.8. The number of methoxy groups -OCH3 is 2. The minimum Gasteiger partial charge on any atom is -0.481 e. The molecule has 0 aliphatic carbocycles. The summed E-state index contributed by atoms with van der Waals surface area (Å²) in [6, 6.07) is 22.9. The van der Waals surface area contributed by atoms with Gasteiger partial charge in [-0.3, -0.25) is 0 Å². The molecule has 0 radical (unpaired) electrons. The van der Waals surface area contributed by atoms with E-state index in [4.69, 9.17) is 20.0 Å². The molecule has 2 aromatic carbocycles. The quantitative estimate of drug-likeness (QED) is 0.405. The summed E-state index contributed by atoms with van der Waals surface area (Å²) >= 11 is 1.59. The van der Waals surface area contributed by atoms with Crippen molar-refractivity contribution in [3.05, 3.63) is 83.8 Å². The molecule has 0 amide bonds. The van der Waals surface area contributed by atoms with Gasteiger partial charge in [-0.25, -0.2) is 0 Å². The van der Waals surface area contributed by atoms with E-state index < -0.39 is 0 Å². The van der Waals surface area contributed by atoms with Gasteiger partial charge in [0.2, 0.25) is 11.8 Å². The number of ether oxygens (including phenoxy) is 2. The Morgan fingerprint density at radius 2 is 1.58 bits per heavy atom. The van der Waals surface area contributed by atoms with Crippen LogP contribution in [0, 0.1) is 22.7 Å². The number of thioether (sulfide) groups is 1. The maximum Gasteiger partial charge on any atom is 0.220 e. The predicted molar refractivity (Wildman–Crippen MR) is 119 cm³/mol. The Morgan fingerprint density at radius 3 is 2.13 bits per heavy atom. The molecule has 1 atom stereocenters. The lowest BCUT2D eigenvalue weighted by Gasteiger charge is -2.17. The molecule has 1 N–H and O–H groups in total. The van der Waals surface area contributed by atoms with Gasteiger partial charge in [0.25, 0.3) is 0 Å². The summed E-state index contributed by atoms with van der Waals surface area (Å²) in [4.78, 5) is 10.1. The van der Waals surface area contributed by atoms with Gasteiger partial charge in [0, 0.05) is 16.8 Å². The first kappa shape index (κ1) is 21.7. The summed E-state index contributed by atoms with van der Waals surface area (Å²) in [7, 11) is 3.11. The Balaban J connectivity index is 1.90. The number of hydrogen-bond donors (Lipinski definition) is 1. The summed E-state index contributed by atoms with van der Waals surface area (Å²) < 4.78 is 10.6. The van der Waals surface area contributed by atoms with E-state index in [1.807, 2.05) is 66.7 Å². The third-order valence-corrected chi connectivity index (χ3v) is 5.45. The van der Waals surface area contributed by atoms with Crippen molar-refractivity contribution in [3.8, 4) is 23.9 Å². The average Bonchev–Trinajstić information content (AvgIpc) is 2.84. The zero-order valence-electron chi connectivity index (χ0n) is 16.9. The summed E-state index contributed by atoms with van der Waals surface area (Å²) in [5.74, 6) is 1.44. The molecule has 0 bridgehead atoms. The number of allylic oxidation sites excluding steroid dienone is 1. The first-order chi connectivity index (χ1) is 15.2. The number of rotatable bonds is 8. The molecule has 0 spiro atoms. The van der Waals surface area contributed by atoms with Crippen LogP contribution in [-0.4, -0.2) is 24.2 Å². The third-order valence-electron chi connectivity index (χ3n) is 4.18. The monoisotopic (exact) mass is 429 g/mol. The van der Waals surface area contributed by atoms with Gasteiger partial charge in [0.05, 0.1) is 25.5 Å². The molecule has 3 rings (SSSR count). The highest BCUT2D eigenvalue weighted by atomic mass is 32.2. The van der Waals surface area contributed by atoms with Gasteiger partial charge >= 0.3 is 0 Å². The molecular formula is C23H19N5O2S. The second-order valence-corrected chi connectivity index (χ2v) is 7.35. The van der Waals surface area contributed by atoms with Crippen LogP contribution in [0.15, 0.2) is 77.3 Å². The van der Waals surface area contributed by atoms with E-state index in [-0.39, 0.29) is 10.8 Å². The van der Waals surface area contributed by atoms with Crippen molar-refractivity contribution in [2.45, 2.75) is 10.1 Å². The lowest BCUT2D eigenvalue weighted by atomic mass is 10.1. The number of benzene rings is 2. The molecular weight excluding hydrogens is 410 g/mol. The minimum absolute atomic E-state index is 0.00622. The minimum atomic E-state index is -0.187. The second kappa shape index (κ2) is 10.7. The number of hydrogen-bond acceptors (Lipinski definition) is 8. The highest BCUT2D eigenvalue weighted by Crippen LogP contribution is 2.40. The highest BCUT2D eigenvalue weighted by Gasteiger charge is 2.21. The van der Waals surface area contributed by atoms with Gasteiger partial charge < -0.3 is 14.8 Å². The fraction of sp³-hybridized carbons (Fsp3) is 0.130. The molecule has 0 aliphatic heterocycles. The van der Waals surface area contributed by atoms with Crippen LogP contribution in [0.5, 0.6) is 11.8 Å².